The first-order chi connectivity index (χ1) is 19.5. The van der Waals surface area contributed by atoms with Gasteiger partial charge in [0.15, 0.2) is 5.69 Å². The van der Waals surface area contributed by atoms with Crippen LogP contribution in [0.3, 0.4) is 0 Å². The number of fused-ring (bicyclic) bond motifs is 2. The molecule has 0 saturated carbocycles. The Hall–Kier alpha value is -4.54. The first-order valence-electron chi connectivity index (χ1n) is 13.3. The second kappa shape index (κ2) is 10.8. The molecule has 3 atom stereocenters. The Balaban J connectivity index is 1.37. The molecule has 4 aromatic rings. The van der Waals surface area contributed by atoms with E-state index in [1.54, 1.807) is 26.0 Å². The molecule has 2 aromatic heterocycles. The number of rotatable bonds is 7. The van der Waals surface area contributed by atoms with Gasteiger partial charge in [0.25, 0.3) is 5.91 Å². The van der Waals surface area contributed by atoms with E-state index in [2.05, 4.69) is 10.4 Å². The van der Waals surface area contributed by atoms with Crippen LogP contribution < -0.4 is 11.1 Å². The highest BCUT2D eigenvalue weighted by molar-refractivity contribution is 6.05. The Morgan fingerprint density at radius 2 is 1.98 bits per heavy atom. The molecule has 1 unspecified atom stereocenters. The van der Waals surface area contributed by atoms with Gasteiger partial charge < -0.3 is 20.4 Å². The number of primary amides is 1. The zero-order valence-corrected chi connectivity index (χ0v) is 23.2. The van der Waals surface area contributed by atoms with Gasteiger partial charge >= 0.3 is 0 Å². The molecule has 1 saturated heterocycles. The van der Waals surface area contributed by atoms with Crippen LogP contribution in [0.4, 0.5) is 8.78 Å². The highest BCUT2D eigenvalue weighted by atomic mass is 19.1. The lowest BCUT2D eigenvalue weighted by atomic mass is 10.0. The fourth-order valence-electron chi connectivity index (χ4n) is 5.42. The van der Waals surface area contributed by atoms with E-state index in [0.717, 1.165) is 11.1 Å². The van der Waals surface area contributed by atoms with E-state index in [-0.39, 0.29) is 25.2 Å². The Morgan fingerprint density at radius 1 is 1.22 bits per heavy atom. The van der Waals surface area contributed by atoms with Crippen LogP contribution in [0.15, 0.2) is 46.9 Å². The van der Waals surface area contributed by atoms with Crippen molar-refractivity contribution in [2.24, 2.45) is 5.73 Å². The predicted octanol–water partition coefficient (Wildman–Crippen LogP) is 4.57. The van der Waals surface area contributed by atoms with Gasteiger partial charge in [0.2, 0.25) is 11.8 Å². The van der Waals surface area contributed by atoms with Gasteiger partial charge in [-0.3, -0.25) is 19.1 Å². The van der Waals surface area contributed by atoms with E-state index < -0.39 is 41.8 Å². The average molecular weight is 564 g/mol. The number of allylic oxidation sites excluding steroid dienone is 2. The molecule has 11 heteroatoms. The van der Waals surface area contributed by atoms with Gasteiger partial charge in [-0.1, -0.05) is 12.1 Å². The van der Waals surface area contributed by atoms with Crippen LogP contribution >= 0.6 is 0 Å². The van der Waals surface area contributed by atoms with Crippen LogP contribution in [-0.2, 0) is 16.1 Å². The summed E-state index contributed by atoms with van der Waals surface area (Å²) in [5.74, 6) is -1.76. The van der Waals surface area contributed by atoms with Crippen LogP contribution in [0.1, 0.15) is 60.6 Å². The summed E-state index contributed by atoms with van der Waals surface area (Å²) < 4.78 is 35.5. The third-order valence-corrected chi connectivity index (χ3v) is 7.72. The van der Waals surface area contributed by atoms with E-state index in [9.17, 15) is 23.2 Å². The number of likely N-dealkylation sites (tertiary alicyclic amines) is 1. The molecule has 0 radical (unpaired) electrons. The number of hydrogen-bond acceptors (Lipinski definition) is 5. The number of carbonyl (C=O) groups is 3. The smallest absolute Gasteiger partial charge is 0.269 e. The standard InChI is InChI=1S/C30H31F2N5O4/c1-5-15(2)18-6-8-23-22(10-18)27(29(33)39)35-37(23)14-26(38)36-13-20(32)12-24(36)30(40)34-17(4)28-16(3)21-11-19(31)7-9-25(21)41-28/h5-11,17,20,24H,12-14H2,1-4H3,(H2,33,39)(H,34,40)/t17-,20-,24?/m1/s1. The first-order valence-corrected chi connectivity index (χ1v) is 13.3. The van der Waals surface area contributed by atoms with Crippen molar-refractivity contribution in [3.63, 3.8) is 0 Å². The van der Waals surface area contributed by atoms with Crippen LogP contribution in [0, 0.1) is 12.7 Å². The monoisotopic (exact) mass is 563 g/mol. The van der Waals surface area contributed by atoms with Crippen molar-refractivity contribution < 1.29 is 27.6 Å². The second-order valence-electron chi connectivity index (χ2n) is 10.4. The molecule has 0 bridgehead atoms. The third kappa shape index (κ3) is 5.19. The predicted molar refractivity (Wildman–Crippen MR) is 150 cm³/mol. The summed E-state index contributed by atoms with van der Waals surface area (Å²) in [7, 11) is 0. The van der Waals surface area contributed by atoms with Gasteiger partial charge in [0.05, 0.1) is 18.1 Å². The number of nitrogens with one attached hydrogen (secondary N) is 1. The maximum Gasteiger partial charge on any atom is 0.269 e. The highest BCUT2D eigenvalue weighted by Gasteiger charge is 2.40. The largest absolute Gasteiger partial charge is 0.459 e. The van der Waals surface area contributed by atoms with E-state index >= 15 is 0 Å². The maximum absolute atomic E-state index is 14.6. The topological polar surface area (TPSA) is 123 Å². The number of benzene rings is 2. The molecule has 1 aliphatic rings. The quantitative estimate of drug-likeness (QED) is 0.341. The highest BCUT2D eigenvalue weighted by Crippen LogP contribution is 2.31. The number of nitrogens with zero attached hydrogens (tertiary/aromatic N) is 3. The van der Waals surface area contributed by atoms with E-state index in [1.165, 1.54) is 27.8 Å². The first kappa shape index (κ1) is 28.0. The number of hydrogen-bond donors (Lipinski definition) is 2. The lowest BCUT2D eigenvalue weighted by Gasteiger charge is -2.25. The summed E-state index contributed by atoms with van der Waals surface area (Å²) in [5.41, 5.74) is 9.14. The molecular formula is C30H31F2N5O4. The number of amides is 3. The average Bonchev–Trinajstić information content (AvgIpc) is 3.61. The molecule has 3 N–H and O–H groups in total. The number of nitrogens with two attached hydrogens (primary N) is 1. The SMILES string of the molecule is CC=C(C)c1ccc2c(c1)c(C(N)=O)nn2CC(=O)N1C[C@H](F)CC1C(=O)N[C@H](C)c1oc2ccc(F)cc2c1C. The summed E-state index contributed by atoms with van der Waals surface area (Å²) in [6, 6.07) is 7.90. The Bertz CT molecular complexity index is 1720. The van der Waals surface area contributed by atoms with Crippen molar-refractivity contribution >= 4 is 45.2 Å². The minimum Gasteiger partial charge on any atom is -0.459 e. The van der Waals surface area contributed by atoms with Crippen molar-refractivity contribution in [2.75, 3.05) is 6.54 Å². The Morgan fingerprint density at radius 3 is 2.68 bits per heavy atom. The lowest BCUT2D eigenvalue weighted by molar-refractivity contribution is -0.139. The van der Waals surface area contributed by atoms with Gasteiger partial charge in [-0.2, -0.15) is 5.10 Å². The molecule has 9 nitrogen and oxygen atoms in total. The molecule has 3 amide bonds. The number of furan rings is 1. The zero-order valence-electron chi connectivity index (χ0n) is 23.2. The Kier molecular flexibility index (Phi) is 7.37. The van der Waals surface area contributed by atoms with E-state index in [4.69, 9.17) is 10.2 Å². The molecule has 5 rings (SSSR count). The lowest BCUT2D eigenvalue weighted by Crippen LogP contribution is -2.47. The summed E-state index contributed by atoms with van der Waals surface area (Å²) in [4.78, 5) is 40.0. The number of aromatic nitrogens is 2. The normalized spacial score (nSPS) is 18.3. The summed E-state index contributed by atoms with van der Waals surface area (Å²) >= 11 is 0. The third-order valence-electron chi connectivity index (χ3n) is 7.72. The molecule has 3 heterocycles. The molecule has 41 heavy (non-hydrogen) atoms. The van der Waals surface area contributed by atoms with Crippen molar-refractivity contribution in [1.82, 2.24) is 20.0 Å². The number of alkyl halides is 1. The molecule has 214 valence electrons. The molecule has 2 aromatic carbocycles. The molecule has 0 aliphatic carbocycles. The Labute approximate surface area is 234 Å². The van der Waals surface area contributed by atoms with Crippen LogP contribution in [0.2, 0.25) is 0 Å². The van der Waals surface area contributed by atoms with Crippen LogP contribution in [-0.4, -0.2) is 51.2 Å². The van der Waals surface area contributed by atoms with E-state index in [0.29, 0.717) is 33.2 Å². The van der Waals surface area contributed by atoms with Crippen molar-refractivity contribution in [2.45, 2.75) is 58.9 Å². The minimum atomic E-state index is -1.39. The summed E-state index contributed by atoms with van der Waals surface area (Å²) in [5, 5.41) is 8.19. The number of carbonyl (C=O) groups excluding carboxylic acids is 3. The molecule has 1 fully saturated rings. The van der Waals surface area contributed by atoms with Crippen LogP contribution in [0.5, 0.6) is 0 Å². The van der Waals surface area contributed by atoms with Gasteiger partial charge in [0, 0.05) is 22.8 Å². The number of aryl methyl sites for hydroxylation is 1. The summed E-state index contributed by atoms with van der Waals surface area (Å²) in [6.07, 6.45) is 0.386. The minimum absolute atomic E-state index is 0.0209. The fourth-order valence-corrected chi connectivity index (χ4v) is 5.42. The number of halogens is 2. The van der Waals surface area contributed by atoms with Crippen molar-refractivity contribution in [3.05, 3.63) is 70.9 Å². The fraction of sp³-hybridized carbons (Fsp3) is 0.333. The molecular weight excluding hydrogens is 532 g/mol. The molecule has 0 spiro atoms. The zero-order chi connectivity index (χ0) is 29.6. The second-order valence-corrected chi connectivity index (χ2v) is 10.4. The van der Waals surface area contributed by atoms with Gasteiger partial charge in [-0.25, -0.2) is 8.78 Å². The summed E-state index contributed by atoms with van der Waals surface area (Å²) in [6.45, 7) is 6.74. The molecule has 1 aliphatic heterocycles. The van der Waals surface area contributed by atoms with Crippen LogP contribution in [0.25, 0.3) is 27.4 Å². The van der Waals surface area contributed by atoms with Gasteiger partial charge in [-0.15, -0.1) is 0 Å². The van der Waals surface area contributed by atoms with Crippen molar-refractivity contribution in [3.8, 4) is 0 Å². The maximum atomic E-state index is 14.6. The van der Waals surface area contributed by atoms with Crippen molar-refractivity contribution in [1.29, 1.82) is 0 Å². The van der Waals surface area contributed by atoms with Gasteiger partial charge in [0.1, 0.15) is 35.9 Å². The van der Waals surface area contributed by atoms with E-state index in [1.807, 2.05) is 26.0 Å². The van der Waals surface area contributed by atoms with Gasteiger partial charge in [-0.05, 0) is 69.2 Å².